The van der Waals surface area contributed by atoms with Crippen LogP contribution in [0.5, 0.6) is 0 Å². The molecule has 0 heterocycles. The summed E-state index contributed by atoms with van der Waals surface area (Å²) >= 11 is 0. The Hall–Kier alpha value is -2.22. The Morgan fingerprint density at radius 1 is 1.53 bits per heavy atom. The molecule has 0 fully saturated rings. The molecular formula is C12H16N4O. The van der Waals surface area contributed by atoms with Crippen LogP contribution in [0.25, 0.3) is 0 Å². The zero-order chi connectivity index (χ0) is 12.8. The molecule has 1 amide bonds. The van der Waals surface area contributed by atoms with E-state index < -0.39 is 0 Å². The van der Waals surface area contributed by atoms with Gasteiger partial charge in [-0.2, -0.15) is 5.26 Å². The molecule has 0 spiro atoms. The predicted molar refractivity (Wildman–Crippen MR) is 67.3 cm³/mol. The molecule has 0 atom stereocenters. The molecule has 1 aromatic carbocycles. The van der Waals surface area contributed by atoms with Crippen molar-refractivity contribution in [1.82, 2.24) is 5.32 Å². The van der Waals surface area contributed by atoms with Crippen molar-refractivity contribution in [3.05, 3.63) is 23.8 Å². The van der Waals surface area contributed by atoms with Crippen molar-refractivity contribution in [2.45, 2.75) is 19.9 Å². The van der Waals surface area contributed by atoms with E-state index in [1.165, 1.54) is 0 Å². The van der Waals surface area contributed by atoms with Crippen LogP contribution in [0, 0.1) is 11.3 Å². The molecular weight excluding hydrogens is 216 g/mol. The van der Waals surface area contributed by atoms with E-state index in [9.17, 15) is 4.79 Å². The van der Waals surface area contributed by atoms with E-state index in [1.807, 2.05) is 19.9 Å². The molecule has 17 heavy (non-hydrogen) atoms. The minimum absolute atomic E-state index is 0.0877. The number of nitrogens with two attached hydrogens (primary N) is 1. The molecule has 5 heteroatoms. The van der Waals surface area contributed by atoms with Gasteiger partial charge in [0.05, 0.1) is 12.1 Å². The lowest BCUT2D eigenvalue weighted by molar-refractivity contribution is -0.119. The number of carbonyl (C=O) groups excluding carboxylic acids is 1. The van der Waals surface area contributed by atoms with Crippen LogP contribution in [0.3, 0.4) is 0 Å². The third kappa shape index (κ3) is 4.03. The van der Waals surface area contributed by atoms with E-state index in [1.54, 1.807) is 18.2 Å². The number of nitrogen functional groups attached to an aromatic ring is 1. The summed E-state index contributed by atoms with van der Waals surface area (Å²) in [5.41, 5.74) is 7.13. The van der Waals surface area contributed by atoms with Crippen molar-refractivity contribution < 1.29 is 4.79 Å². The lowest BCUT2D eigenvalue weighted by atomic mass is 10.2. The summed E-state index contributed by atoms with van der Waals surface area (Å²) in [5, 5.41) is 14.5. The first-order chi connectivity index (χ1) is 8.02. The van der Waals surface area contributed by atoms with Crippen molar-refractivity contribution in [1.29, 1.82) is 5.26 Å². The summed E-state index contributed by atoms with van der Waals surface area (Å²) < 4.78 is 0. The second-order valence-electron chi connectivity index (χ2n) is 3.99. The Labute approximate surface area is 101 Å². The first kappa shape index (κ1) is 12.8. The van der Waals surface area contributed by atoms with Crippen molar-refractivity contribution in [3.8, 4) is 6.07 Å². The molecule has 0 aliphatic heterocycles. The van der Waals surface area contributed by atoms with Crippen molar-refractivity contribution in [2.75, 3.05) is 17.6 Å². The highest BCUT2D eigenvalue weighted by Gasteiger charge is 2.04. The Kier molecular flexibility index (Phi) is 4.35. The zero-order valence-electron chi connectivity index (χ0n) is 9.95. The summed E-state index contributed by atoms with van der Waals surface area (Å²) in [6, 6.07) is 7.10. The first-order valence-corrected chi connectivity index (χ1v) is 5.35. The monoisotopic (exact) mass is 232 g/mol. The fraction of sp³-hybridized carbons (Fsp3) is 0.333. The number of nitrogens with one attached hydrogen (secondary N) is 2. The van der Waals surface area contributed by atoms with Gasteiger partial charge in [0.25, 0.3) is 0 Å². The van der Waals surface area contributed by atoms with Gasteiger partial charge in [-0.05, 0) is 32.0 Å². The molecule has 0 saturated carbocycles. The number of benzene rings is 1. The van der Waals surface area contributed by atoms with Crippen molar-refractivity contribution in [3.63, 3.8) is 0 Å². The van der Waals surface area contributed by atoms with Gasteiger partial charge in [0.15, 0.2) is 0 Å². The van der Waals surface area contributed by atoms with Gasteiger partial charge in [0.1, 0.15) is 6.07 Å². The van der Waals surface area contributed by atoms with E-state index in [0.29, 0.717) is 16.9 Å². The fourth-order valence-electron chi connectivity index (χ4n) is 1.32. The molecule has 0 radical (unpaired) electrons. The van der Waals surface area contributed by atoms with Gasteiger partial charge in [-0.3, -0.25) is 4.79 Å². The van der Waals surface area contributed by atoms with Crippen LogP contribution in [0.1, 0.15) is 19.4 Å². The molecule has 4 N–H and O–H groups in total. The van der Waals surface area contributed by atoms with Crippen LogP contribution in [-0.4, -0.2) is 18.5 Å². The topological polar surface area (TPSA) is 90.9 Å². The maximum absolute atomic E-state index is 11.4. The average Bonchev–Trinajstić information content (AvgIpc) is 2.27. The first-order valence-electron chi connectivity index (χ1n) is 5.35. The van der Waals surface area contributed by atoms with Gasteiger partial charge in [0.2, 0.25) is 5.91 Å². The second kappa shape index (κ2) is 5.75. The van der Waals surface area contributed by atoms with Crippen LogP contribution < -0.4 is 16.4 Å². The minimum atomic E-state index is -0.0877. The maximum atomic E-state index is 11.4. The number of amides is 1. The van der Waals surface area contributed by atoms with Gasteiger partial charge in [-0.1, -0.05) is 0 Å². The number of nitrogens with zero attached hydrogens (tertiary/aromatic N) is 1. The molecule has 1 rings (SSSR count). The maximum Gasteiger partial charge on any atom is 0.239 e. The number of hydrogen-bond donors (Lipinski definition) is 3. The Bertz CT molecular complexity index is 448. The molecule has 0 unspecified atom stereocenters. The van der Waals surface area contributed by atoms with Gasteiger partial charge in [-0.15, -0.1) is 0 Å². The molecule has 90 valence electrons. The Balaban J connectivity index is 2.59. The molecule has 5 nitrogen and oxygen atoms in total. The van der Waals surface area contributed by atoms with Crippen LogP contribution in [0.2, 0.25) is 0 Å². The summed E-state index contributed by atoms with van der Waals surface area (Å²) in [5.74, 6) is -0.0877. The summed E-state index contributed by atoms with van der Waals surface area (Å²) in [7, 11) is 0. The molecule has 0 aliphatic rings. The smallest absolute Gasteiger partial charge is 0.239 e. The summed E-state index contributed by atoms with van der Waals surface area (Å²) in [6.07, 6.45) is 0. The van der Waals surface area contributed by atoms with E-state index in [-0.39, 0.29) is 18.5 Å². The fourth-order valence-corrected chi connectivity index (χ4v) is 1.32. The van der Waals surface area contributed by atoms with Gasteiger partial charge in [-0.25, -0.2) is 0 Å². The molecule has 1 aromatic rings. The minimum Gasteiger partial charge on any atom is -0.398 e. The highest BCUT2D eigenvalue weighted by molar-refractivity contribution is 5.81. The lowest BCUT2D eigenvalue weighted by Crippen LogP contribution is -2.34. The normalized spacial score (nSPS) is 9.76. The van der Waals surface area contributed by atoms with Gasteiger partial charge < -0.3 is 16.4 Å². The van der Waals surface area contributed by atoms with E-state index in [0.717, 1.165) is 0 Å². The third-order valence-electron chi connectivity index (χ3n) is 2.08. The molecule has 0 bridgehead atoms. The van der Waals surface area contributed by atoms with Crippen LogP contribution in [0.15, 0.2) is 18.2 Å². The highest BCUT2D eigenvalue weighted by Crippen LogP contribution is 2.16. The van der Waals surface area contributed by atoms with Crippen molar-refractivity contribution >= 4 is 17.3 Å². The largest absolute Gasteiger partial charge is 0.398 e. The van der Waals surface area contributed by atoms with Crippen LogP contribution >= 0.6 is 0 Å². The lowest BCUT2D eigenvalue weighted by Gasteiger charge is -2.10. The number of hydrogen-bond acceptors (Lipinski definition) is 4. The zero-order valence-corrected chi connectivity index (χ0v) is 9.95. The highest BCUT2D eigenvalue weighted by atomic mass is 16.1. The van der Waals surface area contributed by atoms with E-state index >= 15 is 0 Å². The number of rotatable bonds is 4. The third-order valence-corrected chi connectivity index (χ3v) is 2.08. The standard InChI is InChI=1S/C12H16N4O/c1-8(2)16-12(17)7-15-10-3-4-11(14)9(5-10)6-13/h3-5,8,15H,7,14H2,1-2H3,(H,16,17). The Morgan fingerprint density at radius 3 is 2.82 bits per heavy atom. The number of anilines is 2. The SMILES string of the molecule is CC(C)NC(=O)CNc1ccc(N)c(C#N)c1. The molecule has 0 aromatic heterocycles. The second-order valence-corrected chi connectivity index (χ2v) is 3.99. The average molecular weight is 232 g/mol. The molecule has 0 saturated heterocycles. The molecule has 0 aliphatic carbocycles. The Morgan fingerprint density at radius 2 is 2.24 bits per heavy atom. The quantitative estimate of drug-likeness (QED) is 0.677. The van der Waals surface area contributed by atoms with Crippen molar-refractivity contribution in [2.24, 2.45) is 0 Å². The van der Waals surface area contributed by atoms with Crippen LogP contribution in [-0.2, 0) is 4.79 Å². The van der Waals surface area contributed by atoms with E-state index in [4.69, 9.17) is 11.0 Å². The van der Waals surface area contributed by atoms with Gasteiger partial charge in [0, 0.05) is 17.4 Å². The van der Waals surface area contributed by atoms with E-state index in [2.05, 4.69) is 10.6 Å². The number of nitriles is 1. The van der Waals surface area contributed by atoms with Gasteiger partial charge >= 0.3 is 0 Å². The van der Waals surface area contributed by atoms with Crippen LogP contribution in [0.4, 0.5) is 11.4 Å². The summed E-state index contributed by atoms with van der Waals surface area (Å²) in [4.78, 5) is 11.4. The predicted octanol–water partition coefficient (Wildman–Crippen LogP) is 1.08. The summed E-state index contributed by atoms with van der Waals surface area (Å²) in [6.45, 7) is 3.97. The number of carbonyl (C=O) groups is 1.